The van der Waals surface area contributed by atoms with E-state index in [1.165, 1.54) is 0 Å². The summed E-state index contributed by atoms with van der Waals surface area (Å²) in [5.74, 6) is 2.25. The van der Waals surface area contributed by atoms with Gasteiger partial charge in [0.05, 0.1) is 45.5 Å². The first kappa shape index (κ1) is 26.1. The Hall–Kier alpha value is -3.98. The minimum absolute atomic E-state index is 0.0294. The van der Waals surface area contributed by atoms with E-state index in [2.05, 4.69) is 15.6 Å². The Morgan fingerprint density at radius 2 is 1.76 bits per heavy atom. The summed E-state index contributed by atoms with van der Waals surface area (Å²) < 4.78 is 22.6. The highest BCUT2D eigenvalue weighted by molar-refractivity contribution is 5.83. The number of nitrogens with one attached hydrogen (secondary N) is 2. The molecule has 0 bridgehead atoms. The maximum Gasteiger partial charge on any atom is 0.203 e. The molecule has 0 spiro atoms. The lowest BCUT2D eigenvalue weighted by molar-refractivity contribution is 0.324. The van der Waals surface area contributed by atoms with E-state index < -0.39 is 0 Å². The van der Waals surface area contributed by atoms with E-state index >= 15 is 0 Å². The van der Waals surface area contributed by atoms with Crippen LogP contribution >= 0.6 is 0 Å². The smallest absolute Gasteiger partial charge is 0.203 e. The van der Waals surface area contributed by atoms with Crippen LogP contribution in [-0.4, -0.2) is 40.5 Å². The topological polar surface area (TPSA) is 117 Å². The number of aromatic nitrogens is 1. The molecule has 0 amide bonds. The van der Waals surface area contributed by atoms with Crippen molar-refractivity contribution in [2.45, 2.75) is 32.4 Å². The van der Waals surface area contributed by atoms with Crippen LogP contribution in [-0.2, 0) is 13.0 Å². The Morgan fingerprint density at radius 3 is 2.41 bits per heavy atom. The summed E-state index contributed by atoms with van der Waals surface area (Å²) in [7, 11) is 8.28. The summed E-state index contributed by atoms with van der Waals surface area (Å²) >= 11 is 0. The molecule has 0 fully saturated rings. The molecule has 3 aromatic rings. The minimum Gasteiger partial charge on any atom is -0.494 e. The van der Waals surface area contributed by atoms with E-state index in [0.29, 0.717) is 46.6 Å². The van der Waals surface area contributed by atoms with Crippen molar-refractivity contribution in [3.05, 3.63) is 63.1 Å². The summed E-state index contributed by atoms with van der Waals surface area (Å²) in [4.78, 5) is 17.7. The number of hydrogen-bond donors (Lipinski definition) is 3. The van der Waals surface area contributed by atoms with Crippen LogP contribution in [0, 0.1) is 6.92 Å². The number of hydrogen-bond acceptors (Lipinski definition) is 9. The third-order valence-electron chi connectivity index (χ3n) is 6.90. The van der Waals surface area contributed by atoms with Crippen LogP contribution in [0.15, 0.2) is 35.3 Å². The summed E-state index contributed by atoms with van der Waals surface area (Å²) in [5, 5.41) is 6.62. The number of aryl methyl sites for hydroxylation is 2. The number of methoxy groups -OCH3 is 4. The molecule has 0 unspecified atom stereocenters. The molecule has 196 valence electrons. The molecule has 0 saturated heterocycles. The monoisotopic (exact) mass is 506 g/mol. The standard InChI is InChI=1S/C28H34N4O5/c1-15-25(29)26(35-4)17(13-31-15)14-32-21-10-8-18-19(12-22(21)33)20(30-2)9-7-16-11-23(34-3)27(36-5)28(37-6)24(16)18/h8,10-13,20,30H,7,9,14,29H2,1-6H3,(H,32,33)/t20-/m0/s1. The maximum absolute atomic E-state index is 13.4. The van der Waals surface area contributed by atoms with Crippen LogP contribution in [0.4, 0.5) is 11.4 Å². The Labute approximate surface area is 216 Å². The number of fused-ring (bicyclic) bond motifs is 3. The zero-order valence-corrected chi connectivity index (χ0v) is 22.2. The van der Waals surface area contributed by atoms with Crippen molar-refractivity contribution in [1.82, 2.24) is 10.3 Å². The molecule has 1 aromatic heterocycles. The van der Waals surface area contributed by atoms with Crippen molar-refractivity contribution in [3.63, 3.8) is 0 Å². The first-order valence-corrected chi connectivity index (χ1v) is 12.1. The first-order chi connectivity index (χ1) is 17.9. The van der Waals surface area contributed by atoms with Gasteiger partial charge in [0.15, 0.2) is 11.5 Å². The average molecular weight is 507 g/mol. The Kier molecular flexibility index (Phi) is 7.73. The molecule has 1 aliphatic rings. The fourth-order valence-electron chi connectivity index (χ4n) is 4.96. The van der Waals surface area contributed by atoms with Crippen LogP contribution in [0.5, 0.6) is 23.0 Å². The Balaban J connectivity index is 1.85. The average Bonchev–Trinajstić information content (AvgIpc) is 3.15. The molecule has 0 aliphatic heterocycles. The quantitative estimate of drug-likeness (QED) is 0.419. The molecule has 0 saturated carbocycles. The highest BCUT2D eigenvalue weighted by atomic mass is 16.5. The van der Waals surface area contributed by atoms with Crippen LogP contribution in [0.2, 0.25) is 0 Å². The van der Waals surface area contributed by atoms with Gasteiger partial charge >= 0.3 is 0 Å². The molecule has 4 N–H and O–H groups in total. The van der Waals surface area contributed by atoms with E-state index in [9.17, 15) is 4.79 Å². The predicted molar refractivity (Wildman–Crippen MR) is 145 cm³/mol. The third-order valence-corrected chi connectivity index (χ3v) is 6.90. The highest BCUT2D eigenvalue weighted by Crippen LogP contribution is 2.50. The molecule has 0 radical (unpaired) electrons. The Morgan fingerprint density at radius 1 is 1.03 bits per heavy atom. The lowest BCUT2D eigenvalue weighted by Crippen LogP contribution is -2.18. The molecular formula is C28H34N4O5. The number of nitrogens with zero attached hydrogens (tertiary/aromatic N) is 1. The van der Waals surface area contributed by atoms with Gasteiger partial charge in [-0.3, -0.25) is 9.78 Å². The molecule has 9 nitrogen and oxygen atoms in total. The van der Waals surface area contributed by atoms with E-state index in [1.54, 1.807) is 46.8 Å². The Bertz CT molecular complexity index is 1380. The molecule has 1 aliphatic carbocycles. The second-order valence-corrected chi connectivity index (χ2v) is 8.85. The fourth-order valence-corrected chi connectivity index (χ4v) is 4.96. The second-order valence-electron chi connectivity index (χ2n) is 8.85. The molecule has 4 rings (SSSR count). The van der Waals surface area contributed by atoms with E-state index in [0.717, 1.165) is 40.7 Å². The van der Waals surface area contributed by atoms with Gasteiger partial charge in [0.1, 0.15) is 5.75 Å². The van der Waals surface area contributed by atoms with Crippen LogP contribution in [0.3, 0.4) is 0 Å². The normalized spacial score (nSPS) is 14.2. The van der Waals surface area contributed by atoms with Gasteiger partial charge in [-0.15, -0.1) is 0 Å². The SMILES string of the molecule is CN[C@H]1CCc2cc(OC)c(OC)c(OC)c2-c2ccc(NCc3cnc(C)c(N)c3OC)c(=O)cc21. The van der Waals surface area contributed by atoms with Gasteiger partial charge in [-0.1, -0.05) is 6.07 Å². The van der Waals surface area contributed by atoms with Crippen molar-refractivity contribution in [1.29, 1.82) is 0 Å². The van der Waals surface area contributed by atoms with Gasteiger partial charge in [-0.05, 0) is 61.7 Å². The van der Waals surface area contributed by atoms with Crippen molar-refractivity contribution >= 4 is 11.4 Å². The van der Waals surface area contributed by atoms with Gasteiger partial charge < -0.3 is 35.3 Å². The lowest BCUT2D eigenvalue weighted by atomic mass is 9.95. The van der Waals surface area contributed by atoms with Crippen LogP contribution in [0.1, 0.15) is 34.8 Å². The number of rotatable bonds is 8. The van der Waals surface area contributed by atoms with Gasteiger partial charge in [0.25, 0.3) is 0 Å². The molecule has 37 heavy (non-hydrogen) atoms. The molecule has 9 heteroatoms. The van der Waals surface area contributed by atoms with Crippen LogP contribution < -0.4 is 40.7 Å². The zero-order valence-electron chi connectivity index (χ0n) is 22.2. The zero-order chi connectivity index (χ0) is 26.7. The van der Waals surface area contributed by atoms with Crippen molar-refractivity contribution in [2.75, 3.05) is 46.5 Å². The maximum atomic E-state index is 13.4. The fraction of sp³-hybridized carbons (Fsp3) is 0.357. The molecular weight excluding hydrogens is 472 g/mol. The number of nitrogen functional groups attached to an aromatic ring is 1. The highest BCUT2D eigenvalue weighted by Gasteiger charge is 2.28. The number of benzene rings is 1. The van der Waals surface area contributed by atoms with Gasteiger partial charge in [0.2, 0.25) is 11.2 Å². The number of anilines is 2. The van der Waals surface area contributed by atoms with Crippen molar-refractivity contribution < 1.29 is 18.9 Å². The van der Waals surface area contributed by atoms with Crippen molar-refractivity contribution in [2.24, 2.45) is 0 Å². The van der Waals surface area contributed by atoms with Gasteiger partial charge in [0, 0.05) is 29.9 Å². The van der Waals surface area contributed by atoms with Crippen molar-refractivity contribution in [3.8, 4) is 34.1 Å². The van der Waals surface area contributed by atoms with E-state index in [-0.39, 0.29) is 11.5 Å². The first-order valence-electron chi connectivity index (χ1n) is 12.1. The predicted octanol–water partition coefficient (Wildman–Crippen LogP) is 3.85. The summed E-state index contributed by atoms with van der Waals surface area (Å²) in [6.07, 6.45) is 3.28. The number of ether oxygens (including phenoxy) is 4. The second kappa shape index (κ2) is 11.0. The summed E-state index contributed by atoms with van der Waals surface area (Å²) in [6, 6.07) is 7.42. The molecule has 2 aromatic carbocycles. The number of nitrogens with two attached hydrogens (primary N) is 1. The number of pyridine rings is 1. The summed E-state index contributed by atoms with van der Waals surface area (Å²) in [5.41, 5.74) is 12.1. The van der Waals surface area contributed by atoms with E-state index in [4.69, 9.17) is 24.7 Å². The minimum atomic E-state index is -0.128. The lowest BCUT2D eigenvalue weighted by Gasteiger charge is -2.19. The molecule has 1 heterocycles. The third kappa shape index (κ3) is 4.74. The largest absolute Gasteiger partial charge is 0.494 e. The van der Waals surface area contributed by atoms with Gasteiger partial charge in [-0.25, -0.2) is 0 Å². The van der Waals surface area contributed by atoms with Gasteiger partial charge in [-0.2, -0.15) is 0 Å². The van der Waals surface area contributed by atoms with Crippen LogP contribution in [0.25, 0.3) is 11.1 Å². The van der Waals surface area contributed by atoms with E-state index in [1.807, 2.05) is 26.1 Å². The summed E-state index contributed by atoms with van der Waals surface area (Å²) in [6.45, 7) is 2.15. The molecule has 1 atom stereocenters.